The number of carbonyl (C=O) groups is 2. The van der Waals surface area contributed by atoms with Gasteiger partial charge in [-0.05, 0) is 55.1 Å². The lowest BCUT2D eigenvalue weighted by Crippen LogP contribution is -2.37. The molecular weight excluding hydrogens is 350 g/mol. The fraction of sp³-hybridized carbons (Fsp3) is 0.391. The van der Waals surface area contributed by atoms with Gasteiger partial charge in [0.05, 0.1) is 6.54 Å². The third-order valence-electron chi connectivity index (χ3n) is 5.31. The van der Waals surface area contributed by atoms with E-state index in [-0.39, 0.29) is 18.4 Å². The number of amides is 2. The number of hydrogen-bond donors (Lipinski definition) is 2. The minimum atomic E-state index is -0.240. The molecule has 1 saturated heterocycles. The van der Waals surface area contributed by atoms with E-state index >= 15 is 0 Å². The first-order chi connectivity index (χ1) is 13.6. The highest BCUT2D eigenvalue weighted by molar-refractivity contribution is 5.96. The SMILES string of the molecule is CC1CCN(Cc2ccccc2CNC(=O)CNC(=O)c2ccccc2)CC1. The Kier molecular flexibility index (Phi) is 7.20. The van der Waals surface area contributed by atoms with E-state index < -0.39 is 0 Å². The van der Waals surface area contributed by atoms with Gasteiger partial charge in [0.1, 0.15) is 0 Å². The van der Waals surface area contributed by atoms with Crippen molar-refractivity contribution in [1.29, 1.82) is 0 Å². The molecule has 2 aromatic carbocycles. The topological polar surface area (TPSA) is 61.4 Å². The summed E-state index contributed by atoms with van der Waals surface area (Å²) in [6, 6.07) is 17.2. The van der Waals surface area contributed by atoms with Crippen LogP contribution in [0.15, 0.2) is 54.6 Å². The number of nitrogens with zero attached hydrogens (tertiary/aromatic N) is 1. The molecule has 28 heavy (non-hydrogen) atoms. The Bertz CT molecular complexity index is 783. The van der Waals surface area contributed by atoms with Crippen LogP contribution in [0.25, 0.3) is 0 Å². The van der Waals surface area contributed by atoms with Crippen LogP contribution in [0.2, 0.25) is 0 Å². The van der Waals surface area contributed by atoms with Gasteiger partial charge >= 0.3 is 0 Å². The summed E-state index contributed by atoms with van der Waals surface area (Å²) < 4.78 is 0. The second kappa shape index (κ2) is 10.0. The Morgan fingerprint density at radius 1 is 0.929 bits per heavy atom. The number of likely N-dealkylation sites (tertiary alicyclic amines) is 1. The highest BCUT2D eigenvalue weighted by atomic mass is 16.2. The molecule has 2 amide bonds. The molecule has 0 spiro atoms. The van der Waals surface area contributed by atoms with Gasteiger partial charge in [0.15, 0.2) is 0 Å². The van der Waals surface area contributed by atoms with Crippen LogP contribution < -0.4 is 10.6 Å². The number of hydrogen-bond acceptors (Lipinski definition) is 3. The summed E-state index contributed by atoms with van der Waals surface area (Å²) in [6.07, 6.45) is 2.50. The van der Waals surface area contributed by atoms with Crippen molar-refractivity contribution in [2.75, 3.05) is 19.6 Å². The zero-order valence-electron chi connectivity index (χ0n) is 16.5. The maximum absolute atomic E-state index is 12.2. The molecule has 0 aliphatic carbocycles. The van der Waals surface area contributed by atoms with Crippen molar-refractivity contribution in [2.24, 2.45) is 5.92 Å². The van der Waals surface area contributed by atoms with Crippen LogP contribution in [-0.2, 0) is 17.9 Å². The molecule has 0 radical (unpaired) electrons. The minimum absolute atomic E-state index is 0.0279. The molecule has 2 aromatic rings. The maximum atomic E-state index is 12.2. The first-order valence-electron chi connectivity index (χ1n) is 10.0. The van der Waals surface area contributed by atoms with E-state index in [9.17, 15) is 9.59 Å². The van der Waals surface area contributed by atoms with Gasteiger partial charge in [0, 0.05) is 18.7 Å². The maximum Gasteiger partial charge on any atom is 0.251 e. The third-order valence-corrected chi connectivity index (χ3v) is 5.31. The largest absolute Gasteiger partial charge is 0.350 e. The molecule has 5 heteroatoms. The molecule has 1 aliphatic heterocycles. The Labute approximate surface area is 167 Å². The third kappa shape index (κ3) is 5.92. The average molecular weight is 380 g/mol. The van der Waals surface area contributed by atoms with E-state index in [1.54, 1.807) is 24.3 Å². The lowest BCUT2D eigenvalue weighted by atomic mass is 9.98. The van der Waals surface area contributed by atoms with E-state index in [2.05, 4.69) is 34.6 Å². The van der Waals surface area contributed by atoms with Gasteiger partial charge in [0.25, 0.3) is 5.91 Å². The van der Waals surface area contributed by atoms with Gasteiger partial charge in [-0.15, -0.1) is 0 Å². The monoisotopic (exact) mass is 379 g/mol. The highest BCUT2D eigenvalue weighted by Gasteiger charge is 2.17. The van der Waals surface area contributed by atoms with Crippen LogP contribution in [0, 0.1) is 5.92 Å². The van der Waals surface area contributed by atoms with Gasteiger partial charge in [-0.3, -0.25) is 14.5 Å². The minimum Gasteiger partial charge on any atom is -0.350 e. The molecule has 2 N–H and O–H groups in total. The molecule has 0 saturated carbocycles. The van der Waals surface area contributed by atoms with Crippen molar-refractivity contribution in [3.8, 4) is 0 Å². The Morgan fingerprint density at radius 3 is 2.29 bits per heavy atom. The number of rotatable bonds is 7. The second-order valence-corrected chi connectivity index (χ2v) is 7.55. The fourth-order valence-corrected chi connectivity index (χ4v) is 3.45. The van der Waals surface area contributed by atoms with Gasteiger partial charge in [-0.1, -0.05) is 49.4 Å². The van der Waals surface area contributed by atoms with E-state index in [4.69, 9.17) is 0 Å². The normalized spacial score (nSPS) is 15.2. The lowest BCUT2D eigenvalue weighted by Gasteiger charge is -2.30. The van der Waals surface area contributed by atoms with E-state index in [1.807, 2.05) is 18.2 Å². The summed E-state index contributed by atoms with van der Waals surface area (Å²) >= 11 is 0. The summed E-state index contributed by atoms with van der Waals surface area (Å²) in [5, 5.41) is 5.58. The number of piperidine rings is 1. The molecule has 148 valence electrons. The molecule has 1 heterocycles. The first-order valence-corrected chi connectivity index (χ1v) is 10.0. The van der Waals surface area contributed by atoms with Crippen molar-refractivity contribution in [3.63, 3.8) is 0 Å². The quantitative estimate of drug-likeness (QED) is 0.778. The van der Waals surface area contributed by atoms with Crippen LogP contribution >= 0.6 is 0 Å². The smallest absolute Gasteiger partial charge is 0.251 e. The van der Waals surface area contributed by atoms with Crippen molar-refractivity contribution < 1.29 is 9.59 Å². The predicted molar refractivity (Wildman–Crippen MR) is 111 cm³/mol. The van der Waals surface area contributed by atoms with Gasteiger partial charge in [-0.2, -0.15) is 0 Å². The Morgan fingerprint density at radius 2 is 1.57 bits per heavy atom. The zero-order chi connectivity index (χ0) is 19.8. The molecule has 3 rings (SSSR count). The molecule has 0 aromatic heterocycles. The van der Waals surface area contributed by atoms with Crippen molar-refractivity contribution in [2.45, 2.75) is 32.9 Å². The molecule has 0 bridgehead atoms. The van der Waals surface area contributed by atoms with E-state index in [0.717, 1.165) is 31.1 Å². The molecule has 1 aliphatic rings. The van der Waals surface area contributed by atoms with Crippen LogP contribution in [0.5, 0.6) is 0 Å². The van der Waals surface area contributed by atoms with Gasteiger partial charge in [0.2, 0.25) is 5.91 Å². The molecule has 5 nitrogen and oxygen atoms in total. The van der Waals surface area contributed by atoms with Crippen molar-refractivity contribution >= 4 is 11.8 Å². The molecule has 0 unspecified atom stereocenters. The van der Waals surface area contributed by atoms with Crippen LogP contribution in [0.4, 0.5) is 0 Å². The fourth-order valence-electron chi connectivity index (χ4n) is 3.45. The number of nitrogens with one attached hydrogen (secondary N) is 2. The van der Waals surface area contributed by atoms with Gasteiger partial charge < -0.3 is 10.6 Å². The summed E-state index contributed by atoms with van der Waals surface area (Å²) in [5.41, 5.74) is 2.94. The average Bonchev–Trinajstić information content (AvgIpc) is 2.73. The first kappa shape index (κ1) is 20.1. The molecule has 0 atom stereocenters. The lowest BCUT2D eigenvalue weighted by molar-refractivity contribution is -0.120. The summed E-state index contributed by atoms with van der Waals surface area (Å²) in [6.45, 7) is 5.95. The van der Waals surface area contributed by atoms with E-state index in [1.165, 1.54) is 18.4 Å². The van der Waals surface area contributed by atoms with Crippen LogP contribution in [0.3, 0.4) is 0 Å². The van der Waals surface area contributed by atoms with Crippen molar-refractivity contribution in [3.05, 3.63) is 71.3 Å². The molecule has 1 fully saturated rings. The Hall–Kier alpha value is -2.66. The van der Waals surface area contributed by atoms with Crippen molar-refractivity contribution in [1.82, 2.24) is 15.5 Å². The zero-order valence-corrected chi connectivity index (χ0v) is 16.5. The molecular formula is C23H29N3O2. The Balaban J connectivity index is 1.47. The van der Waals surface area contributed by atoms with Gasteiger partial charge in [-0.25, -0.2) is 0 Å². The van der Waals surface area contributed by atoms with Crippen LogP contribution in [0.1, 0.15) is 41.3 Å². The second-order valence-electron chi connectivity index (χ2n) is 7.55. The van der Waals surface area contributed by atoms with Crippen LogP contribution in [-0.4, -0.2) is 36.3 Å². The number of benzene rings is 2. The summed E-state index contributed by atoms with van der Waals surface area (Å²) in [4.78, 5) is 26.7. The highest BCUT2D eigenvalue weighted by Crippen LogP contribution is 2.19. The summed E-state index contributed by atoms with van der Waals surface area (Å²) in [7, 11) is 0. The summed E-state index contributed by atoms with van der Waals surface area (Å²) in [5.74, 6) is 0.387. The van der Waals surface area contributed by atoms with E-state index in [0.29, 0.717) is 12.1 Å². The standard InChI is InChI=1S/C23H29N3O2/c1-18-11-13-26(14-12-18)17-21-10-6-5-9-20(21)15-24-22(27)16-25-23(28)19-7-3-2-4-8-19/h2-10,18H,11-17H2,1H3,(H,24,27)(H,25,28). The number of carbonyl (C=O) groups excluding carboxylic acids is 2. The predicted octanol–water partition coefficient (Wildman–Crippen LogP) is 2.96.